The predicted octanol–water partition coefficient (Wildman–Crippen LogP) is 3.00. The van der Waals surface area contributed by atoms with Crippen LogP contribution in [-0.2, 0) is 9.53 Å². The fourth-order valence-electron chi connectivity index (χ4n) is 1.99. The Morgan fingerprint density at radius 2 is 1.70 bits per heavy atom. The van der Waals surface area contributed by atoms with Crippen LogP contribution < -0.4 is 5.32 Å². The molecule has 0 heterocycles. The summed E-state index contributed by atoms with van der Waals surface area (Å²) in [4.78, 5) is 23.4. The lowest BCUT2D eigenvalue weighted by Crippen LogP contribution is -2.31. The number of benzene rings is 2. The van der Waals surface area contributed by atoms with E-state index in [4.69, 9.17) is 4.74 Å². The summed E-state index contributed by atoms with van der Waals surface area (Å²) in [5.41, 5.74) is 0.616. The smallest absolute Gasteiger partial charge is 0.338 e. The lowest BCUT2D eigenvalue weighted by atomic mass is 10.1. The molecule has 23 heavy (non-hydrogen) atoms. The van der Waals surface area contributed by atoms with Crippen molar-refractivity contribution in [2.75, 3.05) is 6.61 Å². The van der Waals surface area contributed by atoms with Gasteiger partial charge in [0.15, 0.2) is 6.61 Å². The number of ether oxygens (including phenoxy) is 1. The lowest BCUT2D eigenvalue weighted by molar-refractivity contribution is -0.124. The molecule has 0 aliphatic heterocycles. The van der Waals surface area contributed by atoms with E-state index in [1.165, 1.54) is 0 Å². The molecule has 0 unspecified atom stereocenters. The number of carbonyl (C=O) groups is 2. The molecular weight excluding hydrogens is 304 g/mol. The van der Waals surface area contributed by atoms with Gasteiger partial charge in [-0.3, -0.25) is 4.79 Å². The Balaban J connectivity index is 1.87. The first-order valence-electron chi connectivity index (χ1n) is 6.93. The number of nitrogens with one attached hydrogen (secondary N) is 1. The third-order valence-corrected chi connectivity index (χ3v) is 3.11. The molecule has 0 spiro atoms. The summed E-state index contributed by atoms with van der Waals surface area (Å²) in [5, 5.41) is 2.66. The maximum Gasteiger partial charge on any atom is 0.338 e. The Kier molecular flexibility index (Phi) is 5.41. The van der Waals surface area contributed by atoms with Crippen LogP contribution in [0.1, 0.15) is 28.9 Å². The van der Waals surface area contributed by atoms with Crippen molar-refractivity contribution in [2.24, 2.45) is 0 Å². The predicted molar refractivity (Wildman–Crippen MR) is 79.6 cm³/mol. The number of halogens is 2. The van der Waals surface area contributed by atoms with E-state index < -0.39 is 30.1 Å². The molecular formula is C17H15F2NO3. The second kappa shape index (κ2) is 7.49. The maximum absolute atomic E-state index is 13.0. The Labute approximate surface area is 132 Å². The number of carbonyl (C=O) groups excluding carboxylic acids is 2. The van der Waals surface area contributed by atoms with E-state index in [-0.39, 0.29) is 11.6 Å². The van der Waals surface area contributed by atoms with E-state index in [0.29, 0.717) is 6.07 Å². The van der Waals surface area contributed by atoms with Crippen LogP contribution in [-0.4, -0.2) is 18.5 Å². The lowest BCUT2D eigenvalue weighted by Gasteiger charge is -2.14. The summed E-state index contributed by atoms with van der Waals surface area (Å²) in [6.45, 7) is 1.26. The van der Waals surface area contributed by atoms with E-state index in [1.807, 2.05) is 30.3 Å². The van der Waals surface area contributed by atoms with Gasteiger partial charge in [0.05, 0.1) is 11.6 Å². The summed E-state index contributed by atoms with van der Waals surface area (Å²) in [7, 11) is 0. The molecule has 0 bridgehead atoms. The average Bonchev–Trinajstić information content (AvgIpc) is 2.52. The molecule has 120 valence electrons. The zero-order chi connectivity index (χ0) is 16.8. The zero-order valence-electron chi connectivity index (χ0n) is 12.4. The monoisotopic (exact) mass is 319 g/mol. The topological polar surface area (TPSA) is 55.4 Å². The first-order chi connectivity index (χ1) is 11.0. The van der Waals surface area contributed by atoms with E-state index in [1.54, 1.807) is 6.92 Å². The van der Waals surface area contributed by atoms with Gasteiger partial charge in [0.1, 0.15) is 11.6 Å². The molecule has 0 saturated heterocycles. The van der Waals surface area contributed by atoms with Crippen LogP contribution in [0.5, 0.6) is 0 Å². The number of hydrogen-bond acceptors (Lipinski definition) is 3. The fourth-order valence-corrected chi connectivity index (χ4v) is 1.99. The van der Waals surface area contributed by atoms with Crippen LogP contribution >= 0.6 is 0 Å². The molecule has 0 aliphatic rings. The third-order valence-electron chi connectivity index (χ3n) is 3.11. The molecule has 0 aliphatic carbocycles. The third kappa shape index (κ3) is 4.88. The van der Waals surface area contributed by atoms with Gasteiger partial charge in [0.2, 0.25) is 0 Å². The molecule has 1 N–H and O–H groups in total. The minimum atomic E-state index is -0.967. The van der Waals surface area contributed by atoms with Crippen LogP contribution in [0, 0.1) is 11.6 Å². The van der Waals surface area contributed by atoms with E-state index >= 15 is 0 Å². The van der Waals surface area contributed by atoms with Crippen LogP contribution in [0.2, 0.25) is 0 Å². The quantitative estimate of drug-likeness (QED) is 0.862. The summed E-state index contributed by atoms with van der Waals surface area (Å²) in [6.07, 6.45) is 0. The van der Waals surface area contributed by atoms with Crippen molar-refractivity contribution in [1.82, 2.24) is 5.32 Å². The highest BCUT2D eigenvalue weighted by Crippen LogP contribution is 2.11. The normalized spacial score (nSPS) is 11.6. The van der Waals surface area contributed by atoms with Gasteiger partial charge in [-0.25, -0.2) is 13.6 Å². The van der Waals surface area contributed by atoms with Gasteiger partial charge in [-0.1, -0.05) is 30.3 Å². The summed E-state index contributed by atoms with van der Waals surface area (Å²) in [6, 6.07) is 11.3. The van der Waals surface area contributed by atoms with Crippen LogP contribution in [0.15, 0.2) is 48.5 Å². The van der Waals surface area contributed by atoms with Crippen molar-refractivity contribution in [1.29, 1.82) is 0 Å². The molecule has 0 saturated carbocycles. The van der Waals surface area contributed by atoms with Gasteiger partial charge in [-0.15, -0.1) is 0 Å². The van der Waals surface area contributed by atoms with Crippen LogP contribution in [0.4, 0.5) is 8.78 Å². The largest absolute Gasteiger partial charge is 0.452 e. The fraction of sp³-hybridized carbons (Fsp3) is 0.176. The van der Waals surface area contributed by atoms with Crippen molar-refractivity contribution in [3.8, 4) is 0 Å². The van der Waals surface area contributed by atoms with Gasteiger partial charge in [0.25, 0.3) is 5.91 Å². The molecule has 0 fully saturated rings. The molecule has 2 aromatic carbocycles. The van der Waals surface area contributed by atoms with Crippen molar-refractivity contribution >= 4 is 11.9 Å². The molecule has 2 aromatic rings. The first-order valence-corrected chi connectivity index (χ1v) is 6.93. The minimum absolute atomic E-state index is 0.256. The Hall–Kier alpha value is -2.76. The highest BCUT2D eigenvalue weighted by molar-refractivity contribution is 5.91. The number of amides is 1. The van der Waals surface area contributed by atoms with Gasteiger partial charge in [-0.2, -0.15) is 0 Å². The second-order valence-electron chi connectivity index (χ2n) is 4.93. The molecule has 0 aromatic heterocycles. The molecule has 1 atom stereocenters. The van der Waals surface area contributed by atoms with Gasteiger partial charge in [0, 0.05) is 6.07 Å². The molecule has 1 amide bonds. The average molecular weight is 319 g/mol. The Morgan fingerprint density at radius 1 is 1.09 bits per heavy atom. The summed E-state index contributed by atoms with van der Waals surface area (Å²) in [5.74, 6) is -3.25. The molecule has 0 radical (unpaired) electrons. The zero-order valence-corrected chi connectivity index (χ0v) is 12.4. The summed E-state index contributed by atoms with van der Waals surface area (Å²) < 4.78 is 30.8. The minimum Gasteiger partial charge on any atom is -0.452 e. The number of rotatable bonds is 5. The van der Waals surface area contributed by atoms with Crippen molar-refractivity contribution in [3.63, 3.8) is 0 Å². The highest BCUT2D eigenvalue weighted by atomic mass is 19.1. The van der Waals surface area contributed by atoms with E-state index in [9.17, 15) is 18.4 Å². The number of hydrogen-bond donors (Lipinski definition) is 1. The van der Waals surface area contributed by atoms with Crippen molar-refractivity contribution < 1.29 is 23.1 Å². The van der Waals surface area contributed by atoms with Gasteiger partial charge in [-0.05, 0) is 24.6 Å². The van der Waals surface area contributed by atoms with Crippen LogP contribution in [0.3, 0.4) is 0 Å². The van der Waals surface area contributed by atoms with Crippen LogP contribution in [0.25, 0.3) is 0 Å². The first kappa shape index (κ1) is 16.6. The standard InChI is InChI=1S/C17H15F2NO3/c1-11(12-5-3-2-4-6-12)20-16(21)10-23-17(22)13-7-14(18)9-15(19)8-13/h2-9,11H,10H2,1H3,(H,20,21)/t11-/m1/s1. The summed E-state index contributed by atoms with van der Waals surface area (Å²) >= 11 is 0. The number of esters is 1. The molecule has 2 rings (SSSR count). The molecule has 4 nitrogen and oxygen atoms in total. The van der Waals surface area contributed by atoms with Gasteiger partial charge >= 0.3 is 5.97 Å². The SMILES string of the molecule is C[C@@H](NC(=O)COC(=O)c1cc(F)cc(F)c1)c1ccccc1. The Morgan fingerprint density at radius 3 is 2.30 bits per heavy atom. The molecule has 6 heteroatoms. The van der Waals surface area contributed by atoms with E-state index in [2.05, 4.69) is 5.32 Å². The highest BCUT2D eigenvalue weighted by Gasteiger charge is 2.14. The maximum atomic E-state index is 13.0. The van der Waals surface area contributed by atoms with Crippen molar-refractivity contribution in [3.05, 3.63) is 71.3 Å². The second-order valence-corrected chi connectivity index (χ2v) is 4.93. The van der Waals surface area contributed by atoms with E-state index in [0.717, 1.165) is 17.7 Å². The van der Waals surface area contributed by atoms with Gasteiger partial charge < -0.3 is 10.1 Å². The van der Waals surface area contributed by atoms with Crippen molar-refractivity contribution in [2.45, 2.75) is 13.0 Å². The Bertz CT molecular complexity index is 684.